The highest BCUT2D eigenvalue weighted by Crippen LogP contribution is 2.57. The van der Waals surface area contributed by atoms with E-state index in [1.807, 2.05) is 12.1 Å². The second-order valence-corrected chi connectivity index (χ2v) is 11.2. The Morgan fingerprint density at radius 1 is 0.971 bits per heavy atom. The fourth-order valence-corrected chi connectivity index (χ4v) is 6.94. The molecule has 2 aromatic carbocycles. The van der Waals surface area contributed by atoms with Crippen LogP contribution >= 0.6 is 12.4 Å². The summed E-state index contributed by atoms with van der Waals surface area (Å²) >= 11 is 0. The van der Waals surface area contributed by atoms with Crippen molar-refractivity contribution in [3.63, 3.8) is 0 Å². The number of nitrogens with one attached hydrogen (secondary N) is 1. The van der Waals surface area contributed by atoms with Crippen molar-refractivity contribution in [3.05, 3.63) is 52.6 Å². The van der Waals surface area contributed by atoms with Crippen LogP contribution in [0.4, 0.5) is 0 Å². The number of hydrogen-bond acceptors (Lipinski definition) is 4. The highest BCUT2D eigenvalue weighted by atomic mass is 35.5. The summed E-state index contributed by atoms with van der Waals surface area (Å²) < 4.78 is 16.6. The van der Waals surface area contributed by atoms with Crippen molar-refractivity contribution in [3.8, 4) is 17.2 Å². The number of rotatable bonds is 8. The van der Waals surface area contributed by atoms with Gasteiger partial charge in [-0.25, -0.2) is 0 Å². The molecule has 0 unspecified atom stereocenters. The zero-order valence-electron chi connectivity index (χ0n) is 22.6. The van der Waals surface area contributed by atoms with Gasteiger partial charge in [-0.1, -0.05) is 52.3 Å². The highest BCUT2D eigenvalue weighted by molar-refractivity contribution is 5.85. The van der Waals surface area contributed by atoms with Gasteiger partial charge in [0, 0.05) is 13.1 Å². The molecule has 2 aromatic rings. The molecule has 0 heterocycles. The summed E-state index contributed by atoms with van der Waals surface area (Å²) in [7, 11) is 4.98. The van der Waals surface area contributed by atoms with Gasteiger partial charge in [-0.05, 0) is 82.7 Å². The van der Waals surface area contributed by atoms with Crippen molar-refractivity contribution in [1.82, 2.24) is 5.32 Å². The van der Waals surface area contributed by atoms with Crippen LogP contribution in [-0.2, 0) is 18.4 Å². The molecule has 3 atom stereocenters. The maximum atomic E-state index is 5.54. The van der Waals surface area contributed by atoms with E-state index in [-0.39, 0.29) is 23.2 Å². The second-order valence-electron chi connectivity index (χ2n) is 11.2. The van der Waals surface area contributed by atoms with E-state index < -0.39 is 0 Å². The van der Waals surface area contributed by atoms with Gasteiger partial charge in [0.1, 0.15) is 0 Å². The molecule has 0 radical (unpaired) electrons. The van der Waals surface area contributed by atoms with Crippen molar-refractivity contribution in [2.45, 2.75) is 77.7 Å². The Hall–Kier alpha value is -1.91. The Morgan fingerprint density at radius 3 is 2.26 bits per heavy atom. The number of hydrogen-bond donors (Lipinski definition) is 1. The largest absolute Gasteiger partial charge is 0.493 e. The van der Waals surface area contributed by atoms with Crippen LogP contribution < -0.4 is 19.5 Å². The molecule has 5 heteroatoms. The zero-order chi connectivity index (χ0) is 24.5. The summed E-state index contributed by atoms with van der Waals surface area (Å²) in [5.74, 6) is 3.34. The zero-order valence-corrected chi connectivity index (χ0v) is 23.4. The minimum absolute atomic E-state index is 0. The molecule has 2 aliphatic rings. The molecule has 4 rings (SSSR count). The second kappa shape index (κ2) is 11.0. The molecular weight excluding hydrogens is 458 g/mol. The molecule has 35 heavy (non-hydrogen) atoms. The van der Waals surface area contributed by atoms with E-state index in [9.17, 15) is 0 Å². The van der Waals surface area contributed by atoms with Crippen LogP contribution in [-0.4, -0.2) is 27.9 Å². The topological polar surface area (TPSA) is 39.7 Å². The molecule has 194 valence electrons. The van der Waals surface area contributed by atoms with Crippen LogP contribution in [0, 0.1) is 11.3 Å². The summed E-state index contributed by atoms with van der Waals surface area (Å²) in [5.41, 5.74) is 6.38. The molecule has 1 N–H and O–H groups in total. The smallest absolute Gasteiger partial charge is 0.203 e. The summed E-state index contributed by atoms with van der Waals surface area (Å²) in [4.78, 5) is 0. The van der Waals surface area contributed by atoms with Gasteiger partial charge in [-0.2, -0.15) is 0 Å². The molecule has 0 bridgehead atoms. The molecule has 1 saturated carbocycles. The standard InChI is InChI=1S/C30H43NO3.ClH/c1-20(2)22-9-11-24-23(17-22)10-12-27-29(3,13-8-14-30(24,27)4)19-31-18-21-15-25(32-5)28(34-7)26(16-21)33-6;/h9,11,15-17,20,27,31H,8,10,12-14,18-19H2,1-7H3;1H/t27-,29-,30+;/m0./s1. The molecule has 2 aliphatic carbocycles. The maximum Gasteiger partial charge on any atom is 0.203 e. The van der Waals surface area contributed by atoms with E-state index in [1.54, 1.807) is 32.5 Å². The molecule has 0 saturated heterocycles. The lowest BCUT2D eigenvalue weighted by Crippen LogP contribution is -2.52. The van der Waals surface area contributed by atoms with Gasteiger partial charge in [0.2, 0.25) is 5.75 Å². The van der Waals surface area contributed by atoms with Crippen molar-refractivity contribution in [1.29, 1.82) is 0 Å². The quantitative estimate of drug-likeness (QED) is 0.420. The third-order valence-corrected chi connectivity index (χ3v) is 8.75. The lowest BCUT2D eigenvalue weighted by molar-refractivity contribution is 0.0257. The molecule has 0 aliphatic heterocycles. The summed E-state index contributed by atoms with van der Waals surface area (Å²) in [6, 6.07) is 11.4. The van der Waals surface area contributed by atoms with Crippen molar-refractivity contribution in [2.75, 3.05) is 27.9 Å². The Bertz CT molecular complexity index is 998. The fraction of sp³-hybridized carbons (Fsp3) is 0.600. The first-order valence-electron chi connectivity index (χ1n) is 12.9. The summed E-state index contributed by atoms with van der Waals surface area (Å²) in [6.45, 7) is 11.5. The van der Waals surface area contributed by atoms with Gasteiger partial charge < -0.3 is 19.5 Å². The molecular formula is C30H44ClNO3. The third kappa shape index (κ3) is 5.15. The number of fused-ring (bicyclic) bond motifs is 3. The Balaban J connectivity index is 0.00000342. The molecule has 0 aromatic heterocycles. The predicted octanol–water partition coefficient (Wildman–Crippen LogP) is 7.06. The number of aryl methyl sites for hydroxylation is 1. The first-order chi connectivity index (χ1) is 16.3. The minimum Gasteiger partial charge on any atom is -0.493 e. The number of methoxy groups -OCH3 is 3. The summed E-state index contributed by atoms with van der Waals surface area (Å²) in [6.07, 6.45) is 6.37. The van der Waals surface area contributed by atoms with Gasteiger partial charge >= 0.3 is 0 Å². The van der Waals surface area contributed by atoms with E-state index in [1.165, 1.54) is 37.7 Å². The van der Waals surface area contributed by atoms with Crippen molar-refractivity contribution >= 4 is 12.4 Å². The van der Waals surface area contributed by atoms with Gasteiger partial charge in [0.25, 0.3) is 0 Å². The average molecular weight is 502 g/mol. The molecule has 0 spiro atoms. The monoisotopic (exact) mass is 501 g/mol. The van der Waals surface area contributed by atoms with E-state index in [4.69, 9.17) is 14.2 Å². The lowest BCUT2D eigenvalue weighted by Gasteiger charge is -2.55. The first-order valence-corrected chi connectivity index (χ1v) is 12.9. The van der Waals surface area contributed by atoms with E-state index in [0.717, 1.165) is 18.7 Å². The Morgan fingerprint density at radius 2 is 1.66 bits per heavy atom. The Labute approximate surface area is 218 Å². The predicted molar refractivity (Wildman–Crippen MR) is 147 cm³/mol. The minimum atomic E-state index is 0. The third-order valence-electron chi connectivity index (χ3n) is 8.75. The molecule has 0 amide bonds. The van der Waals surface area contributed by atoms with Gasteiger partial charge in [-0.3, -0.25) is 0 Å². The fourth-order valence-electron chi connectivity index (χ4n) is 6.94. The van der Waals surface area contributed by atoms with Crippen molar-refractivity contribution < 1.29 is 14.2 Å². The van der Waals surface area contributed by atoms with Crippen molar-refractivity contribution in [2.24, 2.45) is 11.3 Å². The number of ether oxygens (including phenoxy) is 3. The molecule has 1 fully saturated rings. The van der Waals surface area contributed by atoms with Crippen LogP contribution in [0.1, 0.15) is 81.5 Å². The maximum absolute atomic E-state index is 5.54. The van der Waals surface area contributed by atoms with E-state index in [2.05, 4.69) is 51.2 Å². The van der Waals surface area contributed by atoms with Crippen LogP contribution in [0.5, 0.6) is 17.2 Å². The SMILES string of the molecule is COc1cc(CNC[C@]2(C)CCC[C@]3(C)c4ccc(C(C)C)cc4CC[C@@H]23)cc(OC)c1OC.Cl. The number of halogens is 1. The highest BCUT2D eigenvalue weighted by Gasteiger charge is 2.51. The van der Waals surface area contributed by atoms with Gasteiger partial charge in [-0.15, -0.1) is 12.4 Å². The van der Waals surface area contributed by atoms with Gasteiger partial charge in [0.05, 0.1) is 21.3 Å². The molecule has 4 nitrogen and oxygen atoms in total. The van der Waals surface area contributed by atoms with E-state index in [0.29, 0.717) is 29.1 Å². The van der Waals surface area contributed by atoms with Crippen LogP contribution in [0.2, 0.25) is 0 Å². The van der Waals surface area contributed by atoms with Gasteiger partial charge in [0.15, 0.2) is 11.5 Å². The average Bonchev–Trinajstić information content (AvgIpc) is 2.82. The van der Waals surface area contributed by atoms with Crippen LogP contribution in [0.25, 0.3) is 0 Å². The van der Waals surface area contributed by atoms with Crippen LogP contribution in [0.15, 0.2) is 30.3 Å². The summed E-state index contributed by atoms with van der Waals surface area (Å²) in [5, 5.41) is 3.80. The number of benzene rings is 2. The van der Waals surface area contributed by atoms with E-state index >= 15 is 0 Å². The Kier molecular flexibility index (Phi) is 8.70. The normalized spacial score (nSPS) is 25.3. The van der Waals surface area contributed by atoms with Crippen LogP contribution in [0.3, 0.4) is 0 Å². The lowest BCUT2D eigenvalue weighted by atomic mass is 9.49. The first kappa shape index (κ1) is 27.7.